The molecular weight excluding hydrogens is 425 g/mol. The van der Waals surface area contributed by atoms with E-state index < -0.39 is 26.3 Å². The van der Waals surface area contributed by atoms with Gasteiger partial charge in [-0.1, -0.05) is 39.0 Å². The van der Waals surface area contributed by atoms with Crippen molar-refractivity contribution in [3.05, 3.63) is 69.3 Å². The molecule has 0 fully saturated rings. The largest absolute Gasteiger partial charge is 0.462 e. The van der Waals surface area contributed by atoms with Crippen LogP contribution in [0.15, 0.2) is 41.3 Å². The van der Waals surface area contributed by atoms with E-state index in [9.17, 15) is 9.59 Å². The maximum Gasteiger partial charge on any atom is 0.343 e. The Morgan fingerprint density at radius 1 is 1.16 bits per heavy atom. The number of carbonyl (C=O) groups excluding carboxylic acids is 1. The van der Waals surface area contributed by atoms with E-state index in [-0.39, 0.29) is 23.0 Å². The van der Waals surface area contributed by atoms with Crippen molar-refractivity contribution in [2.24, 2.45) is 0 Å². The minimum Gasteiger partial charge on any atom is -0.462 e. The summed E-state index contributed by atoms with van der Waals surface area (Å²) >= 11 is 0. The number of hydrogen-bond acceptors (Lipinski definition) is 4. The quantitative estimate of drug-likeness (QED) is 0.390. The molecule has 169 valence electrons. The van der Waals surface area contributed by atoms with Crippen molar-refractivity contribution in [1.82, 2.24) is 4.98 Å². The fourth-order valence-electron chi connectivity index (χ4n) is 3.72. The second-order valence-electron chi connectivity index (χ2n) is 8.91. The normalized spacial score (nSPS) is 11.9. The number of H-pyrrole nitrogens is 1. The van der Waals surface area contributed by atoms with Crippen LogP contribution < -0.4 is 5.43 Å². The van der Waals surface area contributed by atoms with Gasteiger partial charge in [-0.2, -0.15) is 0 Å². The van der Waals surface area contributed by atoms with Gasteiger partial charge in [0.1, 0.15) is 11.4 Å². The van der Waals surface area contributed by atoms with E-state index in [2.05, 4.69) is 38.8 Å². The molecule has 2 aromatic carbocycles. The van der Waals surface area contributed by atoms with E-state index in [0.717, 1.165) is 16.7 Å². The summed E-state index contributed by atoms with van der Waals surface area (Å²) in [5.41, 5.74) is 2.73. The average Bonchev–Trinajstić information content (AvgIpc) is 2.71. The lowest BCUT2D eigenvalue weighted by Gasteiger charge is -2.26. The van der Waals surface area contributed by atoms with Gasteiger partial charge in [-0.25, -0.2) is 9.18 Å². The van der Waals surface area contributed by atoms with Crippen LogP contribution in [0.25, 0.3) is 22.0 Å². The Hall–Kier alpha value is -2.77. The maximum atomic E-state index is 15.4. The lowest BCUT2D eigenvalue weighted by Crippen LogP contribution is -2.19. The van der Waals surface area contributed by atoms with Crippen molar-refractivity contribution in [3.63, 3.8) is 0 Å². The minimum absolute atomic E-state index is 0.106. The third-order valence-electron chi connectivity index (χ3n) is 5.24. The van der Waals surface area contributed by atoms with Gasteiger partial charge < -0.3 is 14.1 Å². The van der Waals surface area contributed by atoms with Crippen LogP contribution in [0.5, 0.6) is 0 Å². The second kappa shape index (κ2) is 9.38. The average molecular weight is 455 g/mol. The summed E-state index contributed by atoms with van der Waals surface area (Å²) in [4.78, 5) is 27.8. The minimum atomic E-state index is -0.944. The Morgan fingerprint density at radius 3 is 2.50 bits per heavy atom. The van der Waals surface area contributed by atoms with E-state index in [4.69, 9.17) is 9.16 Å². The van der Waals surface area contributed by atoms with E-state index in [1.165, 1.54) is 12.3 Å². The molecule has 1 N–H and O–H groups in total. The zero-order valence-corrected chi connectivity index (χ0v) is 20.4. The van der Waals surface area contributed by atoms with Crippen LogP contribution in [-0.4, -0.2) is 26.6 Å². The van der Waals surface area contributed by atoms with Crippen LogP contribution in [-0.2, 0) is 21.2 Å². The van der Waals surface area contributed by atoms with Crippen molar-refractivity contribution in [1.29, 1.82) is 0 Å². The number of fused-ring (bicyclic) bond motifs is 1. The summed E-state index contributed by atoms with van der Waals surface area (Å²) in [6.07, 6.45) is 1.32. The molecule has 0 saturated heterocycles. The molecule has 3 rings (SSSR count). The summed E-state index contributed by atoms with van der Waals surface area (Å²) in [5.74, 6) is -1.26. The summed E-state index contributed by atoms with van der Waals surface area (Å²) < 4.78 is 26.3. The number of benzene rings is 2. The predicted octanol–water partition coefficient (Wildman–Crippen LogP) is 5.58. The Balaban J connectivity index is 2.21. The van der Waals surface area contributed by atoms with Crippen LogP contribution in [0.3, 0.4) is 0 Å². The van der Waals surface area contributed by atoms with Gasteiger partial charge in [-0.05, 0) is 54.3 Å². The number of ether oxygens (including phenoxy) is 1. The predicted molar refractivity (Wildman–Crippen MR) is 127 cm³/mol. The molecule has 32 heavy (non-hydrogen) atoms. The summed E-state index contributed by atoms with van der Waals surface area (Å²) in [7, 11) is -0.944. The first-order valence-electron chi connectivity index (χ1n) is 10.6. The number of hydrogen-bond donors (Lipinski definition) is 1. The van der Waals surface area contributed by atoms with Crippen molar-refractivity contribution in [2.45, 2.75) is 52.8 Å². The number of rotatable bonds is 6. The van der Waals surface area contributed by atoms with Gasteiger partial charge in [0.2, 0.25) is 14.5 Å². The molecule has 3 aromatic rings. The fraction of sp³-hybridized carbons (Fsp3) is 0.360. The maximum absolute atomic E-state index is 15.4. The Kier molecular flexibility index (Phi) is 7.00. The van der Waals surface area contributed by atoms with Gasteiger partial charge in [0.25, 0.3) is 0 Å². The molecule has 1 heterocycles. The highest BCUT2D eigenvalue weighted by Gasteiger charge is 2.23. The zero-order valence-electron chi connectivity index (χ0n) is 19.4. The number of pyridine rings is 1. The van der Waals surface area contributed by atoms with Gasteiger partial charge in [0.15, 0.2) is 0 Å². The third-order valence-corrected chi connectivity index (χ3v) is 5.96. The van der Waals surface area contributed by atoms with Gasteiger partial charge in [0, 0.05) is 17.1 Å². The highest BCUT2D eigenvalue weighted by atomic mass is 28.3. The SMILES string of the molecule is CCOC(=O)c1c[nH]c2cc(-c3cccc(C(C)(C)C)c3CO[Si](C)C)c(F)cc2c1=O. The topological polar surface area (TPSA) is 68.4 Å². The summed E-state index contributed by atoms with van der Waals surface area (Å²) in [6.45, 7) is 12.7. The molecule has 1 radical (unpaired) electrons. The first kappa shape index (κ1) is 23.9. The van der Waals surface area contributed by atoms with Crippen LogP contribution in [0.1, 0.15) is 49.2 Å². The molecule has 5 nitrogen and oxygen atoms in total. The monoisotopic (exact) mass is 454 g/mol. The molecule has 1 aromatic heterocycles. The molecular formula is C25H29FNO4Si. The first-order valence-corrected chi connectivity index (χ1v) is 13.0. The second-order valence-corrected chi connectivity index (χ2v) is 11.0. The van der Waals surface area contributed by atoms with Gasteiger partial charge >= 0.3 is 5.97 Å². The molecule has 0 unspecified atom stereocenters. The highest BCUT2D eigenvalue weighted by Crippen LogP contribution is 2.36. The number of halogens is 1. The van der Waals surface area contributed by atoms with Crippen LogP contribution in [0.4, 0.5) is 4.39 Å². The molecule has 0 spiro atoms. The van der Waals surface area contributed by atoms with Crippen LogP contribution in [0.2, 0.25) is 13.1 Å². The highest BCUT2D eigenvalue weighted by molar-refractivity contribution is 6.48. The number of aromatic amines is 1. The molecule has 0 bridgehead atoms. The molecule has 7 heteroatoms. The van der Waals surface area contributed by atoms with E-state index >= 15 is 4.39 Å². The lowest BCUT2D eigenvalue weighted by molar-refractivity contribution is 0.0524. The van der Waals surface area contributed by atoms with E-state index in [1.54, 1.807) is 13.0 Å². The van der Waals surface area contributed by atoms with Crippen molar-refractivity contribution in [2.75, 3.05) is 6.61 Å². The number of nitrogens with one attached hydrogen (secondary N) is 1. The van der Waals surface area contributed by atoms with Crippen LogP contribution in [0, 0.1) is 5.82 Å². The summed E-state index contributed by atoms with van der Waals surface area (Å²) in [5, 5.41) is 0.106. The Morgan fingerprint density at radius 2 is 1.88 bits per heavy atom. The lowest BCUT2D eigenvalue weighted by atomic mass is 9.81. The van der Waals surface area contributed by atoms with E-state index in [0.29, 0.717) is 17.7 Å². The third kappa shape index (κ3) is 4.84. The molecule has 0 aliphatic heterocycles. The van der Waals surface area contributed by atoms with Gasteiger partial charge in [-0.15, -0.1) is 0 Å². The smallest absolute Gasteiger partial charge is 0.343 e. The Bertz CT molecular complexity index is 1210. The molecule has 0 atom stereocenters. The standard InChI is InChI=1S/C25H29FNO4Si/c1-7-30-24(29)18-13-27-22-12-16(21(26)11-17(22)23(18)28)15-9-8-10-20(25(2,3)4)19(15)14-31-32(5)6/h8-13H,7,14H2,1-6H3,(H,27,28). The zero-order chi connectivity index (χ0) is 23.6. The number of aromatic nitrogens is 1. The molecule has 0 saturated carbocycles. The van der Waals surface area contributed by atoms with Gasteiger partial charge in [0.05, 0.1) is 18.7 Å². The van der Waals surface area contributed by atoms with Crippen molar-refractivity contribution < 1.29 is 18.3 Å². The van der Waals surface area contributed by atoms with Gasteiger partial charge in [-0.3, -0.25) is 4.79 Å². The fourth-order valence-corrected chi connectivity index (χ4v) is 4.15. The van der Waals surface area contributed by atoms with Crippen LogP contribution >= 0.6 is 0 Å². The van der Waals surface area contributed by atoms with E-state index in [1.807, 2.05) is 18.2 Å². The van der Waals surface area contributed by atoms with Crippen molar-refractivity contribution >= 4 is 25.9 Å². The first-order chi connectivity index (χ1) is 15.0. The molecule has 0 aliphatic rings. The number of carbonyl (C=O) groups is 1. The molecule has 0 amide bonds. The Labute approximate surface area is 189 Å². The molecule has 0 aliphatic carbocycles. The van der Waals surface area contributed by atoms with Crippen molar-refractivity contribution in [3.8, 4) is 11.1 Å². The summed E-state index contributed by atoms with van der Waals surface area (Å²) in [6, 6.07) is 8.65. The number of esters is 1.